The van der Waals surface area contributed by atoms with Gasteiger partial charge in [-0.15, -0.1) is 0 Å². The summed E-state index contributed by atoms with van der Waals surface area (Å²) >= 11 is 3.35. The Morgan fingerprint density at radius 1 is 0.968 bits per heavy atom. The normalized spacial score (nSPS) is 17.0. The van der Waals surface area contributed by atoms with E-state index in [1.165, 1.54) is 0 Å². The summed E-state index contributed by atoms with van der Waals surface area (Å²) in [6.07, 6.45) is 0. The zero-order chi connectivity index (χ0) is 22.2. The van der Waals surface area contributed by atoms with E-state index in [2.05, 4.69) is 27.8 Å². The highest BCUT2D eigenvalue weighted by molar-refractivity contribution is 9.10. The number of halogens is 1. The minimum Gasteiger partial charge on any atom is -0.362 e. The van der Waals surface area contributed by atoms with E-state index in [9.17, 15) is 8.42 Å². The molecule has 0 radical (unpaired) electrons. The third kappa shape index (κ3) is 4.45. The van der Waals surface area contributed by atoms with Crippen molar-refractivity contribution in [2.75, 3.05) is 45.2 Å². The van der Waals surface area contributed by atoms with Crippen LogP contribution in [0.25, 0.3) is 10.9 Å². The van der Waals surface area contributed by atoms with Crippen molar-refractivity contribution in [3.8, 4) is 0 Å². The fraction of sp³-hybridized carbons (Fsp3) is 0.364. The van der Waals surface area contributed by atoms with Gasteiger partial charge in [-0.25, -0.2) is 18.4 Å². The Bertz CT molecular complexity index is 1180. The van der Waals surface area contributed by atoms with Crippen LogP contribution >= 0.6 is 15.9 Å². The summed E-state index contributed by atoms with van der Waals surface area (Å²) in [5, 5.41) is 1.02. The molecule has 0 N–H and O–H groups in total. The zero-order valence-electron chi connectivity index (χ0n) is 17.9. The summed E-state index contributed by atoms with van der Waals surface area (Å²) in [7, 11) is 0.471. The molecule has 0 saturated carbocycles. The minimum absolute atomic E-state index is 0.0131. The third-order valence-corrected chi connectivity index (χ3v) is 8.11. The summed E-state index contributed by atoms with van der Waals surface area (Å²) in [5.74, 6) is 1.65. The van der Waals surface area contributed by atoms with Gasteiger partial charge >= 0.3 is 0 Å². The van der Waals surface area contributed by atoms with Crippen LogP contribution in [0.1, 0.15) is 18.8 Å². The van der Waals surface area contributed by atoms with Gasteiger partial charge in [0, 0.05) is 50.1 Å². The van der Waals surface area contributed by atoms with Gasteiger partial charge in [-0.2, -0.15) is 4.31 Å². The molecular formula is C22H26BrN5O2S. The first kappa shape index (κ1) is 22.1. The third-order valence-electron chi connectivity index (χ3n) is 5.67. The van der Waals surface area contributed by atoms with Crippen LogP contribution in [-0.2, 0) is 10.0 Å². The predicted molar refractivity (Wildman–Crippen MR) is 127 cm³/mol. The molecule has 3 aromatic rings. The van der Waals surface area contributed by atoms with Gasteiger partial charge in [-0.3, -0.25) is 4.90 Å². The number of anilines is 1. The Morgan fingerprint density at radius 3 is 2.26 bits per heavy atom. The van der Waals surface area contributed by atoms with Crippen molar-refractivity contribution >= 4 is 42.7 Å². The van der Waals surface area contributed by atoms with Crippen molar-refractivity contribution < 1.29 is 8.42 Å². The predicted octanol–water partition coefficient (Wildman–Crippen LogP) is 3.53. The summed E-state index contributed by atoms with van der Waals surface area (Å²) in [5.41, 5.74) is 0.916. The average Bonchev–Trinajstić information content (AvgIpc) is 2.78. The summed E-state index contributed by atoms with van der Waals surface area (Å²) < 4.78 is 28.4. The lowest BCUT2D eigenvalue weighted by molar-refractivity contribution is 0.141. The maximum Gasteiger partial charge on any atom is 0.243 e. The quantitative estimate of drug-likeness (QED) is 0.530. The molecule has 1 saturated heterocycles. The van der Waals surface area contributed by atoms with E-state index < -0.39 is 10.0 Å². The van der Waals surface area contributed by atoms with Gasteiger partial charge in [0.2, 0.25) is 10.0 Å². The van der Waals surface area contributed by atoms with Crippen molar-refractivity contribution in [1.29, 1.82) is 0 Å². The molecule has 1 atom stereocenters. The number of rotatable bonds is 5. The molecule has 31 heavy (non-hydrogen) atoms. The number of aromatic nitrogens is 2. The number of hydrogen-bond donors (Lipinski definition) is 0. The average molecular weight is 504 g/mol. The Labute approximate surface area is 191 Å². The highest BCUT2D eigenvalue weighted by Crippen LogP contribution is 2.28. The van der Waals surface area contributed by atoms with E-state index >= 15 is 0 Å². The molecule has 164 valence electrons. The standard InChI is InChI=1S/C22H26BrN5O2S/c1-16(21-24-20-7-5-4-6-19(20)22(25-21)26(2)3)27-12-14-28(15-13-27)31(29,30)18-10-8-17(23)9-11-18/h4-11,16H,12-15H2,1-3H3. The number of sulfonamides is 1. The molecule has 2 aromatic carbocycles. The van der Waals surface area contributed by atoms with Crippen molar-refractivity contribution in [1.82, 2.24) is 19.2 Å². The molecular weight excluding hydrogens is 478 g/mol. The Balaban J connectivity index is 1.52. The molecule has 1 aliphatic heterocycles. The van der Waals surface area contributed by atoms with Gasteiger partial charge in [-0.05, 0) is 43.3 Å². The van der Waals surface area contributed by atoms with Crippen molar-refractivity contribution in [2.24, 2.45) is 0 Å². The first-order valence-corrected chi connectivity index (χ1v) is 12.4. The van der Waals surface area contributed by atoms with Crippen LogP contribution in [0.15, 0.2) is 57.9 Å². The maximum atomic E-state index is 13.0. The first-order chi connectivity index (χ1) is 14.8. The summed E-state index contributed by atoms with van der Waals surface area (Å²) in [6.45, 7) is 4.23. The fourth-order valence-corrected chi connectivity index (χ4v) is 5.54. The van der Waals surface area contributed by atoms with Gasteiger partial charge in [0.1, 0.15) is 11.6 Å². The van der Waals surface area contributed by atoms with E-state index in [-0.39, 0.29) is 6.04 Å². The highest BCUT2D eigenvalue weighted by Gasteiger charge is 2.31. The molecule has 0 bridgehead atoms. The van der Waals surface area contributed by atoms with Crippen molar-refractivity contribution in [3.63, 3.8) is 0 Å². The first-order valence-electron chi connectivity index (χ1n) is 10.2. The molecule has 2 heterocycles. The number of nitrogens with zero attached hydrogens (tertiary/aromatic N) is 5. The van der Waals surface area contributed by atoms with Crippen LogP contribution < -0.4 is 4.90 Å². The zero-order valence-corrected chi connectivity index (χ0v) is 20.3. The second-order valence-corrected chi connectivity index (χ2v) is 10.7. The van der Waals surface area contributed by atoms with Crippen molar-refractivity contribution in [3.05, 3.63) is 58.8 Å². The summed E-state index contributed by atoms with van der Waals surface area (Å²) in [6, 6.07) is 14.8. The number of hydrogen-bond acceptors (Lipinski definition) is 6. The largest absolute Gasteiger partial charge is 0.362 e. The monoisotopic (exact) mass is 503 g/mol. The maximum absolute atomic E-state index is 13.0. The van der Waals surface area contributed by atoms with Crippen LogP contribution in [0.3, 0.4) is 0 Å². The van der Waals surface area contributed by atoms with E-state index in [0.717, 1.165) is 27.0 Å². The lowest BCUT2D eigenvalue weighted by atomic mass is 10.2. The Morgan fingerprint density at radius 2 is 1.61 bits per heavy atom. The molecule has 1 unspecified atom stereocenters. The molecule has 0 spiro atoms. The van der Waals surface area contributed by atoms with Gasteiger partial charge in [0.25, 0.3) is 0 Å². The molecule has 0 aliphatic carbocycles. The second-order valence-electron chi connectivity index (χ2n) is 7.89. The molecule has 9 heteroatoms. The van der Waals surface area contributed by atoms with Crippen LogP contribution in [0.5, 0.6) is 0 Å². The number of piperazine rings is 1. The highest BCUT2D eigenvalue weighted by atomic mass is 79.9. The lowest BCUT2D eigenvalue weighted by Gasteiger charge is -2.37. The van der Waals surface area contributed by atoms with Crippen LogP contribution in [-0.4, -0.2) is 67.9 Å². The molecule has 1 aliphatic rings. The minimum atomic E-state index is -3.49. The molecule has 7 nitrogen and oxygen atoms in total. The second kappa shape index (κ2) is 8.82. The fourth-order valence-electron chi connectivity index (χ4n) is 3.86. The van der Waals surface area contributed by atoms with Crippen LogP contribution in [0.2, 0.25) is 0 Å². The van der Waals surface area contributed by atoms with Crippen molar-refractivity contribution in [2.45, 2.75) is 17.9 Å². The number of fused-ring (bicyclic) bond motifs is 1. The van der Waals surface area contributed by atoms with Gasteiger partial charge in [0.15, 0.2) is 0 Å². The van der Waals surface area contributed by atoms with Gasteiger partial charge in [-0.1, -0.05) is 28.1 Å². The smallest absolute Gasteiger partial charge is 0.243 e. The Kier molecular flexibility index (Phi) is 6.30. The topological polar surface area (TPSA) is 69.6 Å². The number of benzene rings is 2. The molecule has 0 amide bonds. The van der Waals surface area contributed by atoms with Crippen LogP contribution in [0.4, 0.5) is 5.82 Å². The van der Waals surface area contributed by atoms with E-state index in [1.54, 1.807) is 28.6 Å². The number of para-hydroxylation sites is 1. The van der Waals surface area contributed by atoms with E-state index in [0.29, 0.717) is 31.1 Å². The van der Waals surface area contributed by atoms with Gasteiger partial charge < -0.3 is 4.90 Å². The van der Waals surface area contributed by atoms with E-state index in [4.69, 9.17) is 9.97 Å². The summed E-state index contributed by atoms with van der Waals surface area (Å²) in [4.78, 5) is 14.2. The Hall–Kier alpha value is -2.07. The SMILES string of the molecule is CC(c1nc(N(C)C)c2ccccc2n1)N1CCN(S(=O)(=O)c2ccc(Br)cc2)CC1. The van der Waals surface area contributed by atoms with E-state index in [1.807, 2.05) is 43.3 Å². The van der Waals surface area contributed by atoms with Crippen LogP contribution in [0, 0.1) is 0 Å². The molecule has 1 fully saturated rings. The molecule has 1 aromatic heterocycles. The lowest BCUT2D eigenvalue weighted by Crippen LogP contribution is -2.49. The molecule has 4 rings (SSSR count). The van der Waals surface area contributed by atoms with Gasteiger partial charge in [0.05, 0.1) is 16.5 Å².